The Balaban J connectivity index is 1.75. The fourth-order valence-corrected chi connectivity index (χ4v) is 6.29. The Morgan fingerprint density at radius 2 is 1.86 bits per heavy atom. The van der Waals surface area contributed by atoms with Crippen LogP contribution >= 0.6 is 19.5 Å². The Bertz CT molecular complexity index is 1170. The van der Waals surface area contributed by atoms with Gasteiger partial charge in [-0.25, -0.2) is 9.36 Å². The van der Waals surface area contributed by atoms with Crippen LogP contribution < -0.4 is 20.9 Å². The van der Waals surface area contributed by atoms with Gasteiger partial charge in [0.1, 0.15) is 23.3 Å². The number of nitrogens with one attached hydrogen (secondary N) is 2. The van der Waals surface area contributed by atoms with E-state index in [0.717, 1.165) is 22.4 Å². The van der Waals surface area contributed by atoms with Gasteiger partial charge in [0.15, 0.2) is 0 Å². The molecule has 0 bridgehead atoms. The summed E-state index contributed by atoms with van der Waals surface area (Å²) in [5.41, 5.74) is -1.35. The first kappa shape index (κ1) is 27.2. The van der Waals surface area contributed by atoms with Crippen molar-refractivity contribution < 1.29 is 33.4 Å². The summed E-state index contributed by atoms with van der Waals surface area (Å²) in [6.07, 6.45) is -1.90. The van der Waals surface area contributed by atoms with Crippen molar-refractivity contribution in [1.82, 2.24) is 14.6 Å². The molecule has 3 rings (SSSR count). The van der Waals surface area contributed by atoms with Crippen LogP contribution in [0, 0.1) is 0 Å². The monoisotopic (exact) mass is 529 g/mol. The van der Waals surface area contributed by atoms with Gasteiger partial charge in [-0.05, 0) is 32.9 Å². The Hall–Kier alpha value is -2.41. The highest BCUT2D eigenvalue weighted by atomic mass is 32.2. The van der Waals surface area contributed by atoms with Crippen LogP contribution in [0.25, 0.3) is 0 Å². The molecule has 0 saturated carbocycles. The maximum Gasteiger partial charge on any atom is 0.459 e. The molecule has 1 aromatic heterocycles. The number of hydrogen-bond donors (Lipinski definition) is 4. The second kappa shape index (κ2) is 11.5. The summed E-state index contributed by atoms with van der Waals surface area (Å²) in [5, 5.41) is 21.8. The molecule has 1 aliphatic rings. The van der Waals surface area contributed by atoms with Crippen LogP contribution in [0.15, 0.2) is 52.2 Å². The minimum absolute atomic E-state index is 0.213. The number of hydrogen-bond acceptors (Lipinski definition) is 10. The van der Waals surface area contributed by atoms with E-state index in [-0.39, 0.29) is 18.5 Å². The molecule has 14 heteroatoms. The summed E-state index contributed by atoms with van der Waals surface area (Å²) in [6.45, 7) is 4.43. The number of rotatable bonds is 10. The van der Waals surface area contributed by atoms with Crippen molar-refractivity contribution in [3.05, 3.63) is 63.4 Å². The Morgan fingerprint density at radius 1 is 1.17 bits per heavy atom. The van der Waals surface area contributed by atoms with Gasteiger partial charge in [0.2, 0.25) is 0 Å². The molecule has 1 aromatic carbocycles. The first-order valence-corrected chi connectivity index (χ1v) is 13.3. The number of esters is 1. The molecule has 1 fully saturated rings. The number of para-hydroxylation sites is 1. The van der Waals surface area contributed by atoms with E-state index >= 15 is 0 Å². The van der Waals surface area contributed by atoms with Crippen LogP contribution in [-0.2, 0) is 18.6 Å². The SMILES string of the molecule is CC(C)OC(=O)[C@H](C)N[P@](=O)(OC[C@H]1S[C@@H](n2ccc(=O)[nH]c2=O)[C@@H](O)C1O)Oc1ccccc1. The van der Waals surface area contributed by atoms with Crippen LogP contribution in [0.4, 0.5) is 0 Å². The quantitative estimate of drug-likeness (QED) is 0.256. The lowest BCUT2D eigenvalue weighted by atomic mass is 10.1. The van der Waals surface area contributed by atoms with E-state index in [1.54, 1.807) is 44.2 Å². The van der Waals surface area contributed by atoms with Crippen molar-refractivity contribution in [2.45, 2.75) is 55.7 Å². The van der Waals surface area contributed by atoms with Gasteiger partial charge in [-0.1, -0.05) is 18.2 Å². The Morgan fingerprint density at radius 3 is 2.49 bits per heavy atom. The highest BCUT2D eigenvalue weighted by molar-refractivity contribution is 8.00. The van der Waals surface area contributed by atoms with Gasteiger partial charge in [-0.3, -0.25) is 23.7 Å². The maximum absolute atomic E-state index is 13.6. The number of carbonyl (C=O) groups is 1. The predicted octanol–water partition coefficient (Wildman–Crippen LogP) is 1.01. The largest absolute Gasteiger partial charge is 0.462 e. The van der Waals surface area contributed by atoms with E-state index in [9.17, 15) is 29.2 Å². The van der Waals surface area contributed by atoms with Crippen LogP contribution in [0.5, 0.6) is 5.75 Å². The highest BCUT2D eigenvalue weighted by Gasteiger charge is 2.45. The van der Waals surface area contributed by atoms with Gasteiger partial charge in [0.25, 0.3) is 5.56 Å². The van der Waals surface area contributed by atoms with Gasteiger partial charge in [0.05, 0.1) is 24.1 Å². The second-order valence-corrected chi connectivity index (χ2v) is 11.2. The van der Waals surface area contributed by atoms with Crippen LogP contribution in [0.3, 0.4) is 0 Å². The lowest BCUT2D eigenvalue weighted by Gasteiger charge is -2.25. The van der Waals surface area contributed by atoms with E-state index in [1.165, 1.54) is 13.1 Å². The topological polar surface area (TPSA) is 169 Å². The van der Waals surface area contributed by atoms with E-state index in [1.807, 2.05) is 0 Å². The summed E-state index contributed by atoms with van der Waals surface area (Å²) in [6, 6.07) is 8.23. The van der Waals surface area contributed by atoms with E-state index in [4.69, 9.17) is 13.8 Å². The zero-order valence-corrected chi connectivity index (χ0v) is 21.0. The number of nitrogens with zero attached hydrogens (tertiary/aromatic N) is 1. The molecule has 0 aliphatic carbocycles. The summed E-state index contributed by atoms with van der Waals surface area (Å²) in [5.74, 6) is -0.450. The van der Waals surface area contributed by atoms with E-state index in [2.05, 4.69) is 10.1 Å². The van der Waals surface area contributed by atoms with Gasteiger partial charge < -0.3 is 19.5 Å². The molecular formula is C21H28N3O9PS. The third-order valence-electron chi connectivity index (χ3n) is 4.90. The Labute approximate surface area is 205 Å². The standard InChI is InChI=1S/C21H28N3O9PS/c1-12(2)32-20(28)13(3)23-34(30,33-14-7-5-4-6-8-14)31-11-15-17(26)18(27)19(35-15)24-10-9-16(25)22-21(24)29/h4-10,12-13,15,17-19,26-27H,11H2,1-3H3,(H,23,30)(H,22,25,29)/t13-,15+,17?,18-,19+,34-/m0/s1. The van der Waals surface area contributed by atoms with Crippen LogP contribution in [0.2, 0.25) is 0 Å². The highest BCUT2D eigenvalue weighted by Crippen LogP contribution is 2.48. The smallest absolute Gasteiger partial charge is 0.459 e. The zero-order chi connectivity index (χ0) is 25.8. The molecule has 1 aliphatic heterocycles. The van der Waals surface area contributed by atoms with Gasteiger partial charge in [-0.2, -0.15) is 5.09 Å². The van der Waals surface area contributed by atoms with Crippen molar-refractivity contribution in [3.63, 3.8) is 0 Å². The molecule has 0 radical (unpaired) electrons. The zero-order valence-electron chi connectivity index (χ0n) is 19.3. The fourth-order valence-electron chi connectivity index (χ4n) is 3.23. The summed E-state index contributed by atoms with van der Waals surface area (Å²) in [4.78, 5) is 37.8. The molecule has 2 heterocycles. The van der Waals surface area contributed by atoms with Crippen LogP contribution in [0.1, 0.15) is 26.1 Å². The van der Waals surface area contributed by atoms with E-state index in [0.29, 0.717) is 0 Å². The number of aliphatic hydroxyl groups is 2. The van der Waals surface area contributed by atoms with Crippen molar-refractivity contribution in [2.24, 2.45) is 0 Å². The summed E-state index contributed by atoms with van der Waals surface area (Å²) < 4.78 is 30.9. The third kappa shape index (κ3) is 7.06. The van der Waals surface area contributed by atoms with Crippen molar-refractivity contribution in [3.8, 4) is 5.75 Å². The number of H-pyrrole nitrogens is 1. The minimum atomic E-state index is -4.17. The molecule has 6 atom stereocenters. The molecule has 0 spiro atoms. The number of carbonyl (C=O) groups excluding carboxylic acids is 1. The number of benzene rings is 1. The van der Waals surface area contributed by atoms with Gasteiger partial charge in [-0.15, -0.1) is 11.8 Å². The lowest BCUT2D eigenvalue weighted by Crippen LogP contribution is -2.38. The van der Waals surface area contributed by atoms with Crippen molar-refractivity contribution in [1.29, 1.82) is 0 Å². The average Bonchev–Trinajstić information content (AvgIpc) is 3.06. The number of thioether (sulfide) groups is 1. The molecule has 2 aromatic rings. The minimum Gasteiger partial charge on any atom is -0.462 e. The molecule has 0 amide bonds. The molecule has 35 heavy (non-hydrogen) atoms. The predicted molar refractivity (Wildman–Crippen MR) is 128 cm³/mol. The maximum atomic E-state index is 13.6. The molecule has 1 unspecified atom stereocenters. The van der Waals surface area contributed by atoms with Gasteiger partial charge >= 0.3 is 19.4 Å². The molecule has 12 nitrogen and oxygen atoms in total. The number of aliphatic hydroxyl groups excluding tert-OH is 2. The second-order valence-electron chi connectivity index (χ2n) is 8.10. The van der Waals surface area contributed by atoms with Gasteiger partial charge in [0, 0.05) is 12.3 Å². The molecule has 1 saturated heterocycles. The average molecular weight is 530 g/mol. The summed E-state index contributed by atoms with van der Waals surface area (Å²) >= 11 is 1.00. The third-order valence-corrected chi connectivity index (χ3v) is 8.09. The molecular weight excluding hydrogens is 501 g/mol. The molecule has 4 N–H and O–H groups in total. The number of ether oxygens (including phenoxy) is 1. The number of aromatic nitrogens is 2. The van der Waals surface area contributed by atoms with Crippen LogP contribution in [-0.4, -0.2) is 61.9 Å². The molecule has 192 valence electrons. The van der Waals surface area contributed by atoms with E-state index < -0.39 is 53.8 Å². The number of aromatic amines is 1. The van der Waals surface area contributed by atoms with Crippen molar-refractivity contribution in [2.75, 3.05) is 6.61 Å². The summed E-state index contributed by atoms with van der Waals surface area (Å²) in [7, 11) is -4.17. The first-order valence-electron chi connectivity index (χ1n) is 10.8. The van der Waals surface area contributed by atoms with Crippen molar-refractivity contribution >= 4 is 25.5 Å². The fraction of sp³-hybridized carbons (Fsp3) is 0.476. The lowest BCUT2D eigenvalue weighted by molar-refractivity contribution is -0.149. The normalized spacial score (nSPS) is 24.6. The first-order chi connectivity index (χ1) is 16.5. The Kier molecular flexibility index (Phi) is 8.97.